The second-order valence-corrected chi connectivity index (χ2v) is 12.3. The number of hydrogen-bond acceptors (Lipinski definition) is 4. The summed E-state index contributed by atoms with van der Waals surface area (Å²) in [6.45, 7) is 17.2. The minimum atomic E-state index is -0.688. The maximum absolute atomic E-state index is 10.1. The molecule has 1 heterocycles. The standard InChI is InChI=1S/C33H34BN3.C5H10O2.Pt/c1-22-15-24(3)32(25(4)16-22)34(33-26(5)17-23(2)18-27(33)6)30-14-10-13-29(19-30)31-21-37(36-35-31)20-28-11-8-7-9-12-28;1-4(6)3-5(2)7;/h7-19,21H,20H2,1-6H3;4-5H,3H2,1-2H3;/q;-2;+2. The monoisotopic (exact) mass is 780 g/mol. The van der Waals surface area contributed by atoms with Crippen molar-refractivity contribution in [3.63, 3.8) is 0 Å². The molecule has 0 spiro atoms. The van der Waals surface area contributed by atoms with Gasteiger partial charge in [0, 0.05) is 5.56 Å². The first-order valence-electron chi connectivity index (χ1n) is 15.4. The van der Waals surface area contributed by atoms with Gasteiger partial charge in [0.15, 0.2) is 0 Å². The van der Waals surface area contributed by atoms with Gasteiger partial charge in [-0.15, -0.1) is 17.3 Å². The van der Waals surface area contributed by atoms with Gasteiger partial charge in [0.25, 0.3) is 0 Å². The Bertz CT molecular complexity index is 1590. The molecule has 1 aromatic heterocycles. The Morgan fingerprint density at radius 2 is 1.20 bits per heavy atom. The second-order valence-electron chi connectivity index (χ2n) is 12.3. The summed E-state index contributed by atoms with van der Waals surface area (Å²) < 4.78 is 1.91. The quantitative estimate of drug-likeness (QED) is 0.221. The van der Waals surface area contributed by atoms with Crippen LogP contribution >= 0.6 is 0 Å². The third-order valence-corrected chi connectivity index (χ3v) is 7.96. The molecule has 0 amide bonds. The van der Waals surface area contributed by atoms with Crippen LogP contribution in [0.25, 0.3) is 11.3 Å². The summed E-state index contributed by atoms with van der Waals surface area (Å²) >= 11 is 0. The summed E-state index contributed by atoms with van der Waals surface area (Å²) in [7, 11) is 0. The molecule has 0 aliphatic carbocycles. The molecule has 236 valence electrons. The summed E-state index contributed by atoms with van der Waals surface area (Å²) in [6.07, 6.45) is 0.922. The first kappa shape index (κ1) is 36.2. The van der Waals surface area contributed by atoms with E-state index in [9.17, 15) is 10.2 Å². The van der Waals surface area contributed by atoms with E-state index in [2.05, 4.69) is 125 Å². The summed E-state index contributed by atoms with van der Waals surface area (Å²) in [5, 5.41) is 29.2. The molecular weight excluding hydrogens is 736 g/mol. The van der Waals surface area contributed by atoms with E-state index in [1.165, 1.54) is 69.2 Å². The van der Waals surface area contributed by atoms with Crippen LogP contribution < -0.4 is 26.6 Å². The Balaban J connectivity index is 0.000000621. The Morgan fingerprint density at radius 1 is 0.689 bits per heavy atom. The normalized spacial score (nSPS) is 12.0. The van der Waals surface area contributed by atoms with Gasteiger partial charge >= 0.3 is 21.1 Å². The molecule has 0 saturated heterocycles. The summed E-state index contributed by atoms with van der Waals surface area (Å²) in [5.74, 6) is 0. The summed E-state index contributed by atoms with van der Waals surface area (Å²) in [4.78, 5) is 0. The van der Waals surface area contributed by atoms with E-state index in [-0.39, 0.29) is 34.2 Å². The summed E-state index contributed by atoms with van der Waals surface area (Å²) in [6, 6.07) is 28.5. The molecule has 0 saturated carbocycles. The number of nitrogens with zero attached hydrogens (tertiary/aromatic N) is 3. The van der Waals surface area contributed by atoms with E-state index < -0.39 is 12.2 Å². The largest absolute Gasteiger partial charge is 2.00 e. The average Bonchev–Trinajstić information content (AvgIpc) is 3.40. The number of hydrogen-bond donors (Lipinski definition) is 0. The minimum absolute atomic E-state index is 0. The molecule has 0 fully saturated rings. The van der Waals surface area contributed by atoms with Crippen molar-refractivity contribution in [1.29, 1.82) is 0 Å². The zero-order valence-corrected chi connectivity index (χ0v) is 30.0. The van der Waals surface area contributed by atoms with Crippen LogP contribution in [0.4, 0.5) is 0 Å². The van der Waals surface area contributed by atoms with Crippen LogP contribution in [0.3, 0.4) is 0 Å². The van der Waals surface area contributed by atoms with Gasteiger partial charge in [0.2, 0.25) is 6.71 Å². The fourth-order valence-corrected chi connectivity index (χ4v) is 6.39. The first-order chi connectivity index (χ1) is 20.9. The first-order valence-corrected chi connectivity index (χ1v) is 15.4. The molecule has 5 nitrogen and oxygen atoms in total. The molecule has 0 radical (unpaired) electrons. The van der Waals surface area contributed by atoms with Crippen molar-refractivity contribution in [1.82, 2.24) is 15.0 Å². The Labute approximate surface area is 284 Å². The van der Waals surface area contributed by atoms with Crippen LogP contribution in [-0.2, 0) is 27.6 Å². The van der Waals surface area contributed by atoms with Crippen molar-refractivity contribution in [2.24, 2.45) is 0 Å². The zero-order valence-electron chi connectivity index (χ0n) is 27.7. The number of aromatic nitrogens is 3. The maximum atomic E-state index is 10.1. The van der Waals surface area contributed by atoms with E-state index in [1.54, 1.807) is 0 Å². The Kier molecular flexibility index (Phi) is 13.1. The maximum Gasteiger partial charge on any atom is 2.00 e. The molecule has 5 aromatic rings. The van der Waals surface area contributed by atoms with Crippen molar-refractivity contribution < 1.29 is 31.3 Å². The van der Waals surface area contributed by atoms with Crippen molar-refractivity contribution >= 4 is 23.1 Å². The predicted octanol–water partition coefficient (Wildman–Crippen LogP) is 4.23. The topological polar surface area (TPSA) is 76.8 Å². The SMILES string of the molecule is CC([O-])CC(C)[O-].Cc1cc(C)c(B(c2cccc(-c3cn(Cc4ccccc4)nn3)c2)c2c(C)cc(C)cc2C)c(C)c1.[Pt+2]. The van der Waals surface area contributed by atoms with Gasteiger partial charge in [-0.25, -0.2) is 4.68 Å². The van der Waals surface area contributed by atoms with Crippen molar-refractivity contribution in [3.8, 4) is 11.3 Å². The van der Waals surface area contributed by atoms with Crippen LogP contribution in [-0.4, -0.2) is 33.9 Å². The predicted molar refractivity (Wildman–Crippen MR) is 181 cm³/mol. The fraction of sp³-hybridized carbons (Fsp3) is 0.316. The number of benzene rings is 4. The van der Waals surface area contributed by atoms with Gasteiger partial charge in [0.05, 0.1) is 12.7 Å². The van der Waals surface area contributed by atoms with Gasteiger partial charge < -0.3 is 10.2 Å². The Morgan fingerprint density at radius 3 is 1.67 bits per heavy atom. The third kappa shape index (κ3) is 9.59. The van der Waals surface area contributed by atoms with E-state index in [0.29, 0.717) is 6.54 Å². The van der Waals surface area contributed by atoms with Gasteiger partial charge in [-0.1, -0.05) is 154 Å². The van der Waals surface area contributed by atoms with Crippen LogP contribution in [0.2, 0.25) is 0 Å². The molecule has 0 N–H and O–H groups in total. The average molecular weight is 781 g/mol. The van der Waals surface area contributed by atoms with Crippen LogP contribution in [0.5, 0.6) is 0 Å². The van der Waals surface area contributed by atoms with Gasteiger partial charge in [0.1, 0.15) is 5.69 Å². The smallest absolute Gasteiger partial charge is 0.852 e. The second kappa shape index (κ2) is 16.3. The molecule has 2 unspecified atom stereocenters. The molecule has 4 aromatic carbocycles. The van der Waals surface area contributed by atoms with Gasteiger partial charge in [-0.05, 0) is 47.1 Å². The van der Waals surface area contributed by atoms with Gasteiger partial charge in [-0.2, -0.15) is 0 Å². The third-order valence-electron chi connectivity index (χ3n) is 7.96. The van der Waals surface area contributed by atoms with Crippen LogP contribution in [0, 0.1) is 41.5 Å². The number of rotatable bonds is 8. The van der Waals surface area contributed by atoms with E-state index in [1.807, 2.05) is 16.9 Å². The molecule has 5 rings (SSSR count). The molecule has 2 atom stereocenters. The van der Waals surface area contributed by atoms with Gasteiger partial charge in [-0.3, -0.25) is 0 Å². The molecule has 0 bridgehead atoms. The van der Waals surface area contributed by atoms with Crippen LogP contribution in [0.15, 0.2) is 85.1 Å². The number of aryl methyl sites for hydroxylation is 6. The Hall–Kier alpha value is -3.31. The summed E-state index contributed by atoms with van der Waals surface area (Å²) in [5.41, 5.74) is 15.2. The van der Waals surface area contributed by atoms with E-state index >= 15 is 0 Å². The van der Waals surface area contributed by atoms with Crippen LogP contribution in [0.1, 0.15) is 59.2 Å². The van der Waals surface area contributed by atoms with Crippen molar-refractivity contribution in [2.75, 3.05) is 0 Å². The fourth-order valence-electron chi connectivity index (χ4n) is 6.39. The molecule has 45 heavy (non-hydrogen) atoms. The molecule has 7 heteroatoms. The van der Waals surface area contributed by atoms with E-state index in [0.717, 1.165) is 11.3 Å². The molecule has 0 aliphatic rings. The molecular formula is C38H44BN3O2Pt. The van der Waals surface area contributed by atoms with E-state index in [4.69, 9.17) is 0 Å². The molecule has 0 aliphatic heterocycles. The van der Waals surface area contributed by atoms with Crippen molar-refractivity contribution in [3.05, 3.63) is 124 Å². The minimum Gasteiger partial charge on any atom is -0.852 e. The van der Waals surface area contributed by atoms with Crippen molar-refractivity contribution in [2.45, 2.75) is 80.6 Å². The zero-order chi connectivity index (χ0) is 32.0.